The van der Waals surface area contributed by atoms with Crippen LogP contribution in [0.3, 0.4) is 0 Å². The van der Waals surface area contributed by atoms with Gasteiger partial charge >= 0.3 is 0 Å². The Bertz CT molecular complexity index is 598. The van der Waals surface area contributed by atoms with Gasteiger partial charge < -0.3 is 20.1 Å². The number of aromatic nitrogens is 1. The van der Waals surface area contributed by atoms with Gasteiger partial charge in [0.2, 0.25) is 5.88 Å². The highest BCUT2D eigenvalue weighted by Gasteiger charge is 2.13. The van der Waals surface area contributed by atoms with Crippen molar-refractivity contribution in [3.05, 3.63) is 23.8 Å². The fourth-order valence-corrected chi connectivity index (χ4v) is 1.42. The van der Waals surface area contributed by atoms with Crippen molar-refractivity contribution in [2.75, 3.05) is 12.8 Å². The Morgan fingerprint density at radius 3 is 2.76 bits per heavy atom. The van der Waals surface area contributed by atoms with E-state index in [0.29, 0.717) is 11.3 Å². The summed E-state index contributed by atoms with van der Waals surface area (Å²) < 4.78 is 9.70. The lowest BCUT2D eigenvalue weighted by Gasteiger charge is -2.06. The van der Waals surface area contributed by atoms with Crippen LogP contribution in [0.4, 0.5) is 5.88 Å². The molecule has 0 aliphatic rings. The Morgan fingerprint density at radius 2 is 2.24 bits per heavy atom. The van der Waals surface area contributed by atoms with E-state index in [1.807, 2.05) is 6.07 Å². The number of benzene rings is 1. The number of nitrogens with two attached hydrogens (primary N) is 1. The monoisotopic (exact) mass is 231 g/mol. The van der Waals surface area contributed by atoms with E-state index in [2.05, 4.69) is 5.16 Å². The molecule has 0 amide bonds. The molecule has 0 atom stereocenters. The minimum atomic E-state index is -0.199. The molecule has 1 heterocycles. The number of phenols is 1. The molecule has 1 aromatic heterocycles. The maximum absolute atomic E-state index is 9.65. The Hall–Kier alpha value is -2.68. The molecule has 0 unspecified atom stereocenters. The molecule has 0 aliphatic carbocycles. The molecule has 0 bridgehead atoms. The van der Waals surface area contributed by atoms with Crippen LogP contribution in [-0.2, 0) is 0 Å². The molecule has 86 valence electrons. The zero-order valence-electron chi connectivity index (χ0n) is 8.97. The van der Waals surface area contributed by atoms with E-state index < -0.39 is 0 Å². The summed E-state index contributed by atoms with van der Waals surface area (Å²) in [6.07, 6.45) is 0. The predicted octanol–water partition coefficient (Wildman–Crippen LogP) is 1.51. The van der Waals surface area contributed by atoms with E-state index in [9.17, 15) is 5.11 Å². The molecule has 0 saturated carbocycles. The molecular formula is C11H9N3O3. The van der Waals surface area contributed by atoms with Gasteiger partial charge in [-0.1, -0.05) is 5.16 Å². The van der Waals surface area contributed by atoms with Crippen LogP contribution in [0.5, 0.6) is 11.5 Å². The number of ether oxygens (including phenoxy) is 1. The average molecular weight is 231 g/mol. The van der Waals surface area contributed by atoms with E-state index >= 15 is 0 Å². The highest BCUT2D eigenvalue weighted by atomic mass is 16.5. The lowest BCUT2D eigenvalue weighted by atomic mass is 10.1. The summed E-state index contributed by atoms with van der Waals surface area (Å²) in [6, 6.07) is 6.42. The largest absolute Gasteiger partial charge is 0.503 e. The van der Waals surface area contributed by atoms with Crippen molar-refractivity contribution in [2.45, 2.75) is 0 Å². The smallest absolute Gasteiger partial charge is 0.222 e. The van der Waals surface area contributed by atoms with Gasteiger partial charge in [0.15, 0.2) is 11.5 Å². The van der Waals surface area contributed by atoms with Gasteiger partial charge in [0.1, 0.15) is 11.8 Å². The molecule has 3 N–H and O–H groups in total. The zero-order chi connectivity index (χ0) is 12.4. The number of hydrogen-bond donors (Lipinski definition) is 2. The molecule has 0 aliphatic heterocycles. The predicted molar refractivity (Wildman–Crippen MR) is 59.3 cm³/mol. The Morgan fingerprint density at radius 1 is 1.47 bits per heavy atom. The van der Waals surface area contributed by atoms with Crippen molar-refractivity contribution in [3.8, 4) is 28.8 Å². The van der Waals surface area contributed by atoms with Crippen LogP contribution in [0.15, 0.2) is 22.7 Å². The van der Waals surface area contributed by atoms with Crippen LogP contribution in [-0.4, -0.2) is 17.4 Å². The molecule has 2 aromatic rings. The molecule has 17 heavy (non-hydrogen) atoms. The number of nitrogen functional groups attached to an aromatic ring is 1. The van der Waals surface area contributed by atoms with Crippen LogP contribution in [0, 0.1) is 11.3 Å². The molecular weight excluding hydrogens is 222 g/mol. The molecule has 6 nitrogen and oxygen atoms in total. The summed E-state index contributed by atoms with van der Waals surface area (Å²) >= 11 is 0. The van der Waals surface area contributed by atoms with Crippen molar-refractivity contribution in [1.29, 1.82) is 5.26 Å². The van der Waals surface area contributed by atoms with E-state index in [4.69, 9.17) is 20.3 Å². The number of aromatic hydroxyl groups is 1. The molecule has 0 radical (unpaired) electrons. The third-order valence-corrected chi connectivity index (χ3v) is 2.24. The number of phenolic OH excluding ortho intramolecular Hbond substituents is 1. The fourth-order valence-electron chi connectivity index (χ4n) is 1.42. The summed E-state index contributed by atoms with van der Waals surface area (Å²) in [5.41, 5.74) is 6.56. The van der Waals surface area contributed by atoms with Crippen molar-refractivity contribution >= 4 is 5.88 Å². The van der Waals surface area contributed by atoms with Crippen LogP contribution in [0.2, 0.25) is 0 Å². The van der Waals surface area contributed by atoms with Gasteiger partial charge in [-0.25, -0.2) is 0 Å². The third kappa shape index (κ3) is 1.86. The van der Waals surface area contributed by atoms with Gasteiger partial charge in [-0.2, -0.15) is 5.26 Å². The number of hydrogen-bond acceptors (Lipinski definition) is 6. The SMILES string of the molecule is COc1cc(-c2cc(N)on2)cc(C#N)c1O. The summed E-state index contributed by atoms with van der Waals surface area (Å²) in [5.74, 6) is 0.168. The second-order valence-corrected chi connectivity index (χ2v) is 3.30. The Balaban J connectivity index is 2.60. The van der Waals surface area contributed by atoms with Crippen LogP contribution < -0.4 is 10.5 Å². The lowest BCUT2D eigenvalue weighted by molar-refractivity contribution is 0.373. The summed E-state index contributed by atoms with van der Waals surface area (Å²) in [5, 5.41) is 22.3. The number of anilines is 1. The Kier molecular flexibility index (Phi) is 2.58. The molecule has 0 fully saturated rings. The number of methoxy groups -OCH3 is 1. The second kappa shape index (κ2) is 4.06. The molecule has 1 aromatic carbocycles. The number of nitrogens with zero attached hydrogens (tertiary/aromatic N) is 2. The first-order valence-corrected chi connectivity index (χ1v) is 4.69. The average Bonchev–Trinajstić information content (AvgIpc) is 2.76. The first-order chi connectivity index (χ1) is 8.15. The van der Waals surface area contributed by atoms with Crippen LogP contribution in [0.1, 0.15) is 5.56 Å². The lowest BCUT2D eigenvalue weighted by Crippen LogP contribution is -1.89. The van der Waals surface area contributed by atoms with E-state index in [1.54, 1.807) is 6.07 Å². The molecule has 2 rings (SSSR count). The van der Waals surface area contributed by atoms with Crippen molar-refractivity contribution in [1.82, 2.24) is 5.16 Å². The maximum atomic E-state index is 9.65. The van der Waals surface area contributed by atoms with Crippen molar-refractivity contribution in [2.24, 2.45) is 0 Å². The third-order valence-electron chi connectivity index (χ3n) is 2.24. The topological polar surface area (TPSA) is 105 Å². The summed E-state index contributed by atoms with van der Waals surface area (Å²) in [7, 11) is 1.40. The normalized spacial score (nSPS) is 9.88. The fraction of sp³-hybridized carbons (Fsp3) is 0.0909. The number of rotatable bonds is 2. The van der Waals surface area contributed by atoms with Gasteiger partial charge in [0, 0.05) is 11.6 Å². The van der Waals surface area contributed by atoms with Gasteiger partial charge in [0.25, 0.3) is 0 Å². The van der Waals surface area contributed by atoms with E-state index in [1.165, 1.54) is 19.2 Å². The molecule has 0 saturated heterocycles. The van der Waals surface area contributed by atoms with Crippen LogP contribution >= 0.6 is 0 Å². The highest BCUT2D eigenvalue weighted by molar-refractivity contribution is 5.69. The Labute approximate surface area is 96.8 Å². The standard InChI is InChI=1S/C11H9N3O3/c1-16-9-3-6(2-7(5-12)11(9)15)8-4-10(13)17-14-8/h2-4,15H,13H2,1H3. The van der Waals surface area contributed by atoms with Gasteiger partial charge in [0.05, 0.1) is 12.7 Å². The maximum Gasteiger partial charge on any atom is 0.222 e. The number of nitriles is 1. The molecule has 0 spiro atoms. The van der Waals surface area contributed by atoms with Crippen molar-refractivity contribution < 1.29 is 14.4 Å². The quantitative estimate of drug-likeness (QED) is 0.811. The van der Waals surface area contributed by atoms with Crippen LogP contribution in [0.25, 0.3) is 11.3 Å². The zero-order valence-corrected chi connectivity index (χ0v) is 8.97. The van der Waals surface area contributed by atoms with Gasteiger partial charge in [-0.3, -0.25) is 0 Å². The minimum absolute atomic E-state index is 0.0981. The molecule has 6 heteroatoms. The first kappa shape index (κ1) is 10.8. The van der Waals surface area contributed by atoms with E-state index in [-0.39, 0.29) is 22.9 Å². The highest BCUT2D eigenvalue weighted by Crippen LogP contribution is 2.34. The van der Waals surface area contributed by atoms with Gasteiger partial charge in [-0.05, 0) is 12.1 Å². The first-order valence-electron chi connectivity index (χ1n) is 4.69. The van der Waals surface area contributed by atoms with Crippen molar-refractivity contribution in [3.63, 3.8) is 0 Å². The van der Waals surface area contributed by atoms with E-state index in [0.717, 1.165) is 0 Å². The minimum Gasteiger partial charge on any atom is -0.503 e. The summed E-state index contributed by atoms with van der Waals surface area (Å²) in [6.45, 7) is 0. The second-order valence-electron chi connectivity index (χ2n) is 3.30. The van der Waals surface area contributed by atoms with Gasteiger partial charge in [-0.15, -0.1) is 0 Å². The summed E-state index contributed by atoms with van der Waals surface area (Å²) in [4.78, 5) is 0.